The third-order valence-electron chi connectivity index (χ3n) is 2.73. The minimum absolute atomic E-state index is 0.0181. The molecule has 0 unspecified atom stereocenters. The highest BCUT2D eigenvalue weighted by Crippen LogP contribution is 2.20. The first-order valence-corrected chi connectivity index (χ1v) is 6.75. The molecular formula is C15H17N3O4. The number of nitro groups is 1. The van der Waals surface area contributed by atoms with Crippen molar-refractivity contribution in [1.82, 2.24) is 9.78 Å². The summed E-state index contributed by atoms with van der Waals surface area (Å²) in [5.41, 5.74) is 0.870. The first kappa shape index (κ1) is 15.7. The number of hydrogen-bond donors (Lipinski definition) is 0. The van der Waals surface area contributed by atoms with Crippen molar-refractivity contribution in [3.8, 4) is 11.3 Å². The topological polar surface area (TPSA) is 87.3 Å². The molecule has 2 aromatic rings. The Morgan fingerprint density at radius 3 is 2.45 bits per heavy atom. The Morgan fingerprint density at radius 1 is 1.27 bits per heavy atom. The van der Waals surface area contributed by atoms with E-state index in [1.807, 2.05) is 0 Å². The SMILES string of the molecule is CC(C)(C)OC(=O)Cn1ccc(-c2ccc([N+](=O)[O-])cc2)n1. The van der Waals surface area contributed by atoms with E-state index in [0.29, 0.717) is 5.69 Å². The van der Waals surface area contributed by atoms with Gasteiger partial charge in [-0.15, -0.1) is 0 Å². The monoisotopic (exact) mass is 303 g/mol. The van der Waals surface area contributed by atoms with Gasteiger partial charge in [-0.1, -0.05) is 0 Å². The van der Waals surface area contributed by atoms with Gasteiger partial charge in [-0.25, -0.2) is 0 Å². The number of rotatable bonds is 4. The van der Waals surface area contributed by atoms with Gasteiger partial charge in [-0.05, 0) is 39.0 Å². The molecule has 0 atom stereocenters. The van der Waals surface area contributed by atoms with Crippen LogP contribution in [0.5, 0.6) is 0 Å². The van der Waals surface area contributed by atoms with Crippen molar-refractivity contribution in [2.75, 3.05) is 0 Å². The van der Waals surface area contributed by atoms with Crippen molar-refractivity contribution >= 4 is 11.7 Å². The molecule has 0 aliphatic heterocycles. The zero-order chi connectivity index (χ0) is 16.3. The summed E-state index contributed by atoms with van der Waals surface area (Å²) in [7, 11) is 0. The summed E-state index contributed by atoms with van der Waals surface area (Å²) in [6.07, 6.45) is 1.67. The maximum atomic E-state index is 11.7. The molecule has 0 bridgehead atoms. The van der Waals surface area contributed by atoms with E-state index in [4.69, 9.17) is 4.74 Å². The van der Waals surface area contributed by atoms with Crippen LogP contribution >= 0.6 is 0 Å². The van der Waals surface area contributed by atoms with Crippen molar-refractivity contribution in [3.05, 3.63) is 46.6 Å². The molecule has 7 nitrogen and oxygen atoms in total. The number of nitro benzene ring substituents is 1. The predicted molar refractivity (Wildman–Crippen MR) is 80.2 cm³/mol. The van der Waals surface area contributed by atoms with E-state index in [1.165, 1.54) is 16.8 Å². The Bertz CT molecular complexity index is 684. The molecule has 0 aliphatic rings. The highest BCUT2D eigenvalue weighted by atomic mass is 16.6. The molecule has 0 saturated heterocycles. The normalized spacial score (nSPS) is 11.2. The van der Waals surface area contributed by atoms with Crippen LogP contribution in [-0.2, 0) is 16.1 Å². The van der Waals surface area contributed by atoms with Gasteiger partial charge in [0.2, 0.25) is 0 Å². The number of non-ortho nitro benzene ring substituents is 1. The summed E-state index contributed by atoms with van der Waals surface area (Å²) in [4.78, 5) is 21.9. The third-order valence-corrected chi connectivity index (χ3v) is 2.73. The summed E-state index contributed by atoms with van der Waals surface area (Å²) >= 11 is 0. The Kier molecular flexibility index (Phi) is 4.25. The molecule has 0 amide bonds. The highest BCUT2D eigenvalue weighted by molar-refractivity contribution is 5.69. The van der Waals surface area contributed by atoms with Crippen LogP contribution in [0.3, 0.4) is 0 Å². The fourth-order valence-electron chi connectivity index (χ4n) is 1.86. The van der Waals surface area contributed by atoms with Gasteiger partial charge >= 0.3 is 5.97 Å². The number of aromatic nitrogens is 2. The van der Waals surface area contributed by atoms with Crippen LogP contribution in [0.15, 0.2) is 36.5 Å². The summed E-state index contributed by atoms with van der Waals surface area (Å²) in [6, 6.07) is 7.83. The molecule has 1 heterocycles. The standard InChI is InChI=1S/C15H17N3O4/c1-15(2,3)22-14(19)10-17-9-8-13(16-17)11-4-6-12(7-5-11)18(20)21/h4-9H,10H2,1-3H3. The van der Waals surface area contributed by atoms with Crippen LogP contribution in [0.2, 0.25) is 0 Å². The van der Waals surface area contributed by atoms with Gasteiger partial charge in [0.05, 0.1) is 10.6 Å². The number of carbonyl (C=O) groups excluding carboxylic acids is 1. The van der Waals surface area contributed by atoms with Gasteiger partial charge in [0.25, 0.3) is 5.69 Å². The van der Waals surface area contributed by atoms with Crippen LogP contribution < -0.4 is 0 Å². The zero-order valence-corrected chi connectivity index (χ0v) is 12.6. The first-order valence-electron chi connectivity index (χ1n) is 6.75. The van der Waals surface area contributed by atoms with Gasteiger partial charge in [-0.2, -0.15) is 5.10 Å². The van der Waals surface area contributed by atoms with Crippen molar-refractivity contribution < 1.29 is 14.5 Å². The molecule has 1 aromatic carbocycles. The van der Waals surface area contributed by atoms with E-state index in [9.17, 15) is 14.9 Å². The molecule has 7 heteroatoms. The van der Waals surface area contributed by atoms with Crippen molar-refractivity contribution in [1.29, 1.82) is 0 Å². The van der Waals surface area contributed by atoms with Crippen LogP contribution in [0.1, 0.15) is 20.8 Å². The lowest BCUT2D eigenvalue weighted by molar-refractivity contribution is -0.384. The van der Waals surface area contributed by atoms with Crippen molar-refractivity contribution in [3.63, 3.8) is 0 Å². The average molecular weight is 303 g/mol. The fourth-order valence-corrected chi connectivity index (χ4v) is 1.86. The van der Waals surface area contributed by atoms with Crippen LogP contribution in [0.25, 0.3) is 11.3 Å². The molecule has 116 valence electrons. The van der Waals surface area contributed by atoms with E-state index < -0.39 is 10.5 Å². The summed E-state index contributed by atoms with van der Waals surface area (Å²) in [5.74, 6) is -0.370. The minimum Gasteiger partial charge on any atom is -0.459 e. The summed E-state index contributed by atoms with van der Waals surface area (Å²) < 4.78 is 6.70. The van der Waals surface area contributed by atoms with Crippen LogP contribution in [0, 0.1) is 10.1 Å². The van der Waals surface area contributed by atoms with Crippen molar-refractivity contribution in [2.45, 2.75) is 32.9 Å². The molecule has 0 saturated carbocycles. The largest absolute Gasteiger partial charge is 0.459 e. The van der Waals surface area contributed by atoms with E-state index in [1.54, 1.807) is 45.2 Å². The molecule has 1 aromatic heterocycles. The highest BCUT2D eigenvalue weighted by Gasteiger charge is 2.17. The molecular weight excluding hydrogens is 286 g/mol. The molecule has 2 rings (SSSR count). The maximum Gasteiger partial charge on any atom is 0.328 e. The quantitative estimate of drug-likeness (QED) is 0.492. The Hall–Kier alpha value is -2.70. The smallest absolute Gasteiger partial charge is 0.328 e. The first-order chi connectivity index (χ1) is 10.2. The van der Waals surface area contributed by atoms with E-state index >= 15 is 0 Å². The summed E-state index contributed by atoms with van der Waals surface area (Å²) in [6.45, 7) is 5.42. The lowest BCUT2D eigenvalue weighted by Crippen LogP contribution is -2.26. The average Bonchev–Trinajstić information content (AvgIpc) is 2.85. The second-order valence-corrected chi connectivity index (χ2v) is 5.79. The Balaban J connectivity index is 2.08. The summed E-state index contributed by atoms with van der Waals surface area (Å²) in [5, 5.41) is 14.9. The Labute approximate surface area is 127 Å². The number of ether oxygens (including phenoxy) is 1. The van der Waals surface area contributed by atoms with Crippen molar-refractivity contribution in [2.24, 2.45) is 0 Å². The third kappa shape index (κ3) is 4.15. The molecule has 0 N–H and O–H groups in total. The molecule has 22 heavy (non-hydrogen) atoms. The zero-order valence-electron chi connectivity index (χ0n) is 12.6. The van der Waals surface area contributed by atoms with E-state index in [-0.39, 0.29) is 18.2 Å². The number of benzene rings is 1. The number of hydrogen-bond acceptors (Lipinski definition) is 5. The minimum atomic E-state index is -0.536. The lowest BCUT2D eigenvalue weighted by atomic mass is 10.1. The number of esters is 1. The van der Waals surface area contributed by atoms with Crippen LogP contribution in [0.4, 0.5) is 5.69 Å². The van der Waals surface area contributed by atoms with Gasteiger partial charge in [-0.3, -0.25) is 19.6 Å². The molecule has 0 fully saturated rings. The van der Waals surface area contributed by atoms with Gasteiger partial charge in [0.1, 0.15) is 12.1 Å². The fraction of sp³-hybridized carbons (Fsp3) is 0.333. The van der Waals surface area contributed by atoms with E-state index in [0.717, 1.165) is 5.56 Å². The van der Waals surface area contributed by atoms with Gasteiger partial charge < -0.3 is 4.74 Å². The second-order valence-electron chi connectivity index (χ2n) is 5.79. The molecule has 0 spiro atoms. The van der Waals surface area contributed by atoms with Crippen LogP contribution in [-0.4, -0.2) is 26.3 Å². The molecule has 0 aliphatic carbocycles. The number of nitrogens with zero attached hydrogens (tertiary/aromatic N) is 3. The second kappa shape index (κ2) is 5.97. The maximum absolute atomic E-state index is 11.7. The van der Waals surface area contributed by atoms with E-state index in [2.05, 4.69) is 5.10 Å². The Morgan fingerprint density at radius 2 is 1.91 bits per heavy atom. The number of carbonyl (C=O) groups is 1. The van der Waals surface area contributed by atoms with Gasteiger partial charge in [0.15, 0.2) is 0 Å². The van der Waals surface area contributed by atoms with Gasteiger partial charge in [0, 0.05) is 23.9 Å². The lowest BCUT2D eigenvalue weighted by Gasteiger charge is -2.19. The molecule has 0 radical (unpaired) electrons. The predicted octanol–water partition coefficient (Wildman–Crippen LogP) is 2.80.